The summed E-state index contributed by atoms with van der Waals surface area (Å²) in [4.78, 5) is 4.38. The number of aryl methyl sites for hydroxylation is 3. The highest BCUT2D eigenvalue weighted by Gasteiger charge is 2.08. The Labute approximate surface area is 82.4 Å². The van der Waals surface area contributed by atoms with Gasteiger partial charge in [-0.05, 0) is 32.4 Å². The van der Waals surface area contributed by atoms with Crippen molar-refractivity contribution >= 4 is 11.0 Å². The quantitative estimate of drug-likeness (QED) is 0.679. The van der Waals surface area contributed by atoms with E-state index in [-0.39, 0.29) is 5.82 Å². The van der Waals surface area contributed by atoms with Crippen LogP contribution in [0.25, 0.3) is 11.0 Å². The standard InChI is InChI=1S/C11H13FN2/c1-4-14-8(3)13-10-5-7(2)9(12)6-11(10)14/h5-6H,4H2,1-3H3. The van der Waals surface area contributed by atoms with Gasteiger partial charge in [-0.3, -0.25) is 0 Å². The van der Waals surface area contributed by atoms with Crippen molar-refractivity contribution in [2.24, 2.45) is 0 Å². The second-order valence-corrected chi connectivity index (χ2v) is 3.49. The van der Waals surface area contributed by atoms with E-state index in [0.29, 0.717) is 5.56 Å². The lowest BCUT2D eigenvalue weighted by Gasteiger charge is -2.02. The number of hydrogen-bond donors (Lipinski definition) is 0. The third-order valence-corrected chi connectivity index (χ3v) is 2.54. The number of rotatable bonds is 1. The van der Waals surface area contributed by atoms with Gasteiger partial charge in [-0.2, -0.15) is 0 Å². The molecule has 0 saturated heterocycles. The summed E-state index contributed by atoms with van der Waals surface area (Å²) in [6, 6.07) is 3.36. The molecule has 0 aliphatic carbocycles. The van der Waals surface area contributed by atoms with E-state index in [1.54, 1.807) is 19.1 Å². The number of halogens is 1. The molecule has 0 fully saturated rings. The van der Waals surface area contributed by atoms with Crippen LogP contribution in [0.3, 0.4) is 0 Å². The van der Waals surface area contributed by atoms with Crippen molar-refractivity contribution in [1.29, 1.82) is 0 Å². The first-order valence-corrected chi connectivity index (χ1v) is 4.76. The molecule has 1 aromatic carbocycles. The second-order valence-electron chi connectivity index (χ2n) is 3.49. The third-order valence-electron chi connectivity index (χ3n) is 2.54. The normalized spacial score (nSPS) is 11.1. The van der Waals surface area contributed by atoms with Crippen LogP contribution in [0.5, 0.6) is 0 Å². The van der Waals surface area contributed by atoms with Gasteiger partial charge in [0.15, 0.2) is 0 Å². The van der Waals surface area contributed by atoms with Gasteiger partial charge in [0, 0.05) is 12.6 Å². The zero-order valence-corrected chi connectivity index (χ0v) is 8.63. The SMILES string of the molecule is CCn1c(C)nc2cc(C)c(F)cc21. The average Bonchev–Trinajstić information content (AvgIpc) is 2.42. The van der Waals surface area contributed by atoms with Crippen molar-refractivity contribution in [3.63, 3.8) is 0 Å². The fourth-order valence-electron chi connectivity index (χ4n) is 1.77. The Morgan fingerprint density at radius 2 is 2.07 bits per heavy atom. The molecule has 0 amide bonds. The number of fused-ring (bicyclic) bond motifs is 1. The fraction of sp³-hybridized carbons (Fsp3) is 0.364. The van der Waals surface area contributed by atoms with Crippen LogP contribution in [0.15, 0.2) is 12.1 Å². The lowest BCUT2D eigenvalue weighted by Crippen LogP contribution is -1.96. The van der Waals surface area contributed by atoms with E-state index < -0.39 is 0 Å². The summed E-state index contributed by atoms with van der Waals surface area (Å²) < 4.78 is 15.3. The molecule has 0 bridgehead atoms. The van der Waals surface area contributed by atoms with Crippen LogP contribution in [0.2, 0.25) is 0 Å². The summed E-state index contributed by atoms with van der Waals surface area (Å²) in [7, 11) is 0. The molecule has 0 aliphatic heterocycles. The van der Waals surface area contributed by atoms with Crippen LogP contribution in [0.1, 0.15) is 18.3 Å². The van der Waals surface area contributed by atoms with Gasteiger partial charge in [-0.25, -0.2) is 9.37 Å². The van der Waals surface area contributed by atoms with Crippen LogP contribution in [-0.2, 0) is 6.54 Å². The van der Waals surface area contributed by atoms with E-state index in [1.807, 2.05) is 18.4 Å². The molecule has 0 saturated carbocycles. The van der Waals surface area contributed by atoms with Gasteiger partial charge in [0.1, 0.15) is 11.6 Å². The molecule has 1 heterocycles. The Balaban J connectivity index is 2.82. The maximum Gasteiger partial charge on any atom is 0.128 e. The molecule has 2 aromatic rings. The largest absolute Gasteiger partial charge is 0.328 e. The van der Waals surface area contributed by atoms with Gasteiger partial charge in [-0.15, -0.1) is 0 Å². The van der Waals surface area contributed by atoms with Crippen molar-refractivity contribution in [2.45, 2.75) is 27.3 Å². The van der Waals surface area contributed by atoms with Crippen LogP contribution in [-0.4, -0.2) is 9.55 Å². The number of imidazole rings is 1. The smallest absolute Gasteiger partial charge is 0.128 e. The van der Waals surface area contributed by atoms with E-state index in [2.05, 4.69) is 4.98 Å². The monoisotopic (exact) mass is 192 g/mol. The molecule has 74 valence electrons. The van der Waals surface area contributed by atoms with Gasteiger partial charge in [0.2, 0.25) is 0 Å². The molecular weight excluding hydrogens is 179 g/mol. The summed E-state index contributed by atoms with van der Waals surface area (Å²) in [6.07, 6.45) is 0. The fourth-order valence-corrected chi connectivity index (χ4v) is 1.77. The molecule has 1 aromatic heterocycles. The van der Waals surface area contributed by atoms with E-state index >= 15 is 0 Å². The lowest BCUT2D eigenvalue weighted by atomic mass is 10.2. The third kappa shape index (κ3) is 1.20. The number of hydrogen-bond acceptors (Lipinski definition) is 1. The Bertz CT molecular complexity index is 485. The van der Waals surface area contributed by atoms with Gasteiger partial charge in [0.05, 0.1) is 11.0 Å². The van der Waals surface area contributed by atoms with Crippen LogP contribution < -0.4 is 0 Å². The summed E-state index contributed by atoms with van der Waals surface area (Å²) in [5.41, 5.74) is 2.41. The Hall–Kier alpha value is -1.38. The topological polar surface area (TPSA) is 17.8 Å². The van der Waals surface area contributed by atoms with Crippen LogP contribution in [0.4, 0.5) is 4.39 Å². The zero-order valence-electron chi connectivity index (χ0n) is 8.63. The molecule has 0 spiro atoms. The van der Waals surface area contributed by atoms with Gasteiger partial charge in [0.25, 0.3) is 0 Å². The van der Waals surface area contributed by atoms with Crippen molar-refractivity contribution in [3.05, 3.63) is 29.3 Å². The van der Waals surface area contributed by atoms with Gasteiger partial charge < -0.3 is 4.57 Å². The van der Waals surface area contributed by atoms with E-state index in [9.17, 15) is 4.39 Å². The molecule has 0 N–H and O–H groups in total. The minimum Gasteiger partial charge on any atom is -0.328 e. The van der Waals surface area contributed by atoms with E-state index in [0.717, 1.165) is 23.4 Å². The molecule has 14 heavy (non-hydrogen) atoms. The molecule has 3 heteroatoms. The molecule has 0 aliphatic rings. The first kappa shape index (κ1) is 9.19. The Kier molecular flexibility index (Phi) is 2.02. The van der Waals surface area contributed by atoms with Crippen molar-refractivity contribution < 1.29 is 4.39 Å². The molecular formula is C11H13FN2. The zero-order chi connectivity index (χ0) is 10.3. The predicted molar refractivity (Wildman–Crippen MR) is 54.8 cm³/mol. The maximum atomic E-state index is 13.3. The number of benzene rings is 1. The van der Waals surface area contributed by atoms with Gasteiger partial charge in [-0.1, -0.05) is 0 Å². The van der Waals surface area contributed by atoms with Crippen LogP contribution >= 0.6 is 0 Å². The highest BCUT2D eigenvalue weighted by Crippen LogP contribution is 2.19. The molecule has 0 radical (unpaired) electrons. The summed E-state index contributed by atoms with van der Waals surface area (Å²) in [5, 5.41) is 0. The van der Waals surface area contributed by atoms with Crippen molar-refractivity contribution in [3.8, 4) is 0 Å². The minimum atomic E-state index is -0.160. The minimum absolute atomic E-state index is 0.160. The molecule has 2 nitrogen and oxygen atoms in total. The molecule has 0 unspecified atom stereocenters. The maximum absolute atomic E-state index is 13.3. The first-order valence-electron chi connectivity index (χ1n) is 4.76. The number of nitrogens with zero attached hydrogens (tertiary/aromatic N) is 2. The molecule has 0 atom stereocenters. The number of aromatic nitrogens is 2. The summed E-state index contributed by atoms with van der Waals surface area (Å²) >= 11 is 0. The Morgan fingerprint density at radius 3 is 2.71 bits per heavy atom. The highest BCUT2D eigenvalue weighted by molar-refractivity contribution is 5.77. The first-order chi connectivity index (χ1) is 6.63. The summed E-state index contributed by atoms with van der Waals surface area (Å²) in [6.45, 7) is 6.56. The molecule has 2 rings (SSSR count). The van der Waals surface area contributed by atoms with E-state index in [1.165, 1.54) is 0 Å². The van der Waals surface area contributed by atoms with Crippen molar-refractivity contribution in [1.82, 2.24) is 9.55 Å². The highest BCUT2D eigenvalue weighted by atomic mass is 19.1. The Morgan fingerprint density at radius 1 is 1.36 bits per heavy atom. The average molecular weight is 192 g/mol. The lowest BCUT2D eigenvalue weighted by molar-refractivity contribution is 0.619. The van der Waals surface area contributed by atoms with Crippen LogP contribution in [0, 0.1) is 19.7 Å². The summed E-state index contributed by atoms with van der Waals surface area (Å²) in [5.74, 6) is 0.777. The van der Waals surface area contributed by atoms with Crippen molar-refractivity contribution in [2.75, 3.05) is 0 Å². The van der Waals surface area contributed by atoms with E-state index in [4.69, 9.17) is 0 Å². The second kappa shape index (κ2) is 3.08. The predicted octanol–water partition coefficient (Wildman–Crippen LogP) is 2.81. The van der Waals surface area contributed by atoms with Gasteiger partial charge >= 0.3 is 0 Å².